The molecule has 4 nitrogen and oxygen atoms in total. The fourth-order valence-electron chi connectivity index (χ4n) is 2.78. The Morgan fingerprint density at radius 1 is 1.27 bits per heavy atom. The lowest BCUT2D eigenvalue weighted by molar-refractivity contribution is 0.177. The van der Waals surface area contributed by atoms with Crippen molar-refractivity contribution in [3.05, 3.63) is 53.7 Å². The first-order chi connectivity index (χ1) is 10.3. The van der Waals surface area contributed by atoms with Crippen molar-refractivity contribution in [1.29, 1.82) is 0 Å². The number of nitrogens with zero attached hydrogens (tertiary/aromatic N) is 1. The summed E-state index contributed by atoms with van der Waals surface area (Å²) in [6.07, 6.45) is 1.63. The summed E-state index contributed by atoms with van der Waals surface area (Å²) in [6.45, 7) is 3.48. The van der Waals surface area contributed by atoms with Gasteiger partial charge < -0.3 is 14.5 Å². The lowest BCUT2D eigenvalue weighted by atomic mass is 10.0. The monoisotopic (exact) mass is 326 g/mol. The highest BCUT2D eigenvalue weighted by Gasteiger charge is 2.28. The lowest BCUT2D eigenvalue weighted by Gasteiger charge is -2.34. The van der Waals surface area contributed by atoms with Crippen molar-refractivity contribution < 1.29 is 13.5 Å². The molecule has 0 saturated carbocycles. The van der Waals surface area contributed by atoms with Gasteiger partial charge in [-0.2, -0.15) is 0 Å². The number of furan rings is 1. The predicted octanol–water partition coefficient (Wildman–Crippen LogP) is 2.84. The molecule has 1 aliphatic heterocycles. The van der Waals surface area contributed by atoms with Gasteiger partial charge in [0, 0.05) is 31.7 Å². The Labute approximate surface area is 135 Å². The number of nitrogens with one attached hydrogen (secondary N) is 1. The van der Waals surface area contributed by atoms with Gasteiger partial charge in [-0.1, -0.05) is 0 Å². The van der Waals surface area contributed by atoms with E-state index < -0.39 is 0 Å². The Balaban J connectivity index is 0.00000176. The van der Waals surface area contributed by atoms with E-state index in [2.05, 4.69) is 10.2 Å². The summed E-state index contributed by atoms with van der Waals surface area (Å²) in [4.78, 5) is 2.23. The van der Waals surface area contributed by atoms with E-state index in [1.165, 1.54) is 6.07 Å². The van der Waals surface area contributed by atoms with Gasteiger partial charge in [-0.05, 0) is 30.3 Å². The highest BCUT2D eigenvalue weighted by atomic mass is 35.5. The molecule has 3 rings (SSSR count). The third-order valence-electron chi connectivity index (χ3n) is 3.83. The van der Waals surface area contributed by atoms with E-state index in [9.17, 15) is 4.39 Å². The van der Waals surface area contributed by atoms with E-state index in [-0.39, 0.29) is 24.3 Å². The molecule has 1 atom stereocenters. The second kappa shape index (κ2) is 7.63. The van der Waals surface area contributed by atoms with Gasteiger partial charge in [0.25, 0.3) is 0 Å². The van der Waals surface area contributed by atoms with E-state index >= 15 is 0 Å². The minimum atomic E-state index is -0.240. The topological polar surface area (TPSA) is 37.6 Å². The quantitative estimate of drug-likeness (QED) is 0.937. The maximum atomic E-state index is 14.4. The van der Waals surface area contributed by atoms with Crippen molar-refractivity contribution in [3.63, 3.8) is 0 Å². The molecule has 1 aromatic carbocycles. The summed E-state index contributed by atoms with van der Waals surface area (Å²) in [7, 11) is 1.59. The van der Waals surface area contributed by atoms with Crippen molar-refractivity contribution in [2.45, 2.75) is 6.04 Å². The fourth-order valence-corrected chi connectivity index (χ4v) is 2.78. The van der Waals surface area contributed by atoms with E-state index in [0.29, 0.717) is 11.3 Å². The molecule has 2 aromatic rings. The number of hydrogen-bond acceptors (Lipinski definition) is 4. The zero-order valence-corrected chi connectivity index (χ0v) is 13.2. The van der Waals surface area contributed by atoms with Crippen LogP contribution < -0.4 is 10.1 Å². The zero-order valence-electron chi connectivity index (χ0n) is 12.4. The number of rotatable bonds is 4. The second-order valence-corrected chi connectivity index (χ2v) is 5.09. The van der Waals surface area contributed by atoms with Crippen molar-refractivity contribution >= 4 is 12.4 Å². The summed E-state index contributed by atoms with van der Waals surface area (Å²) in [5.74, 6) is 1.16. The number of halogens is 2. The Morgan fingerprint density at radius 2 is 2.05 bits per heavy atom. The molecule has 1 aromatic heterocycles. The van der Waals surface area contributed by atoms with Crippen LogP contribution in [-0.2, 0) is 0 Å². The largest absolute Gasteiger partial charge is 0.497 e. The Morgan fingerprint density at radius 3 is 2.68 bits per heavy atom. The maximum Gasteiger partial charge on any atom is 0.128 e. The fraction of sp³-hybridized carbons (Fsp3) is 0.375. The molecule has 2 heterocycles. The van der Waals surface area contributed by atoms with Crippen LogP contribution in [-0.4, -0.2) is 38.2 Å². The highest BCUT2D eigenvalue weighted by molar-refractivity contribution is 5.85. The van der Waals surface area contributed by atoms with Crippen LogP contribution in [0.15, 0.2) is 41.0 Å². The molecule has 0 amide bonds. The van der Waals surface area contributed by atoms with Gasteiger partial charge in [0.05, 0.1) is 19.4 Å². The third-order valence-corrected chi connectivity index (χ3v) is 3.83. The smallest absolute Gasteiger partial charge is 0.128 e. The molecule has 22 heavy (non-hydrogen) atoms. The summed E-state index contributed by atoms with van der Waals surface area (Å²) < 4.78 is 25.2. The Hall–Kier alpha value is -1.56. The minimum absolute atomic E-state index is 0. The van der Waals surface area contributed by atoms with E-state index in [4.69, 9.17) is 9.15 Å². The molecule has 0 spiro atoms. The third kappa shape index (κ3) is 3.43. The molecule has 0 bridgehead atoms. The summed E-state index contributed by atoms with van der Waals surface area (Å²) in [6, 6.07) is 8.35. The van der Waals surface area contributed by atoms with Gasteiger partial charge in [-0.25, -0.2) is 4.39 Å². The van der Waals surface area contributed by atoms with Crippen LogP contribution in [0.5, 0.6) is 5.75 Å². The molecule has 120 valence electrons. The van der Waals surface area contributed by atoms with Gasteiger partial charge >= 0.3 is 0 Å². The Bertz CT molecular complexity index is 586. The average molecular weight is 327 g/mol. The first kappa shape index (κ1) is 16.8. The molecule has 1 aliphatic rings. The lowest BCUT2D eigenvalue weighted by Crippen LogP contribution is -2.45. The maximum absolute atomic E-state index is 14.4. The zero-order chi connectivity index (χ0) is 14.7. The van der Waals surface area contributed by atoms with E-state index in [0.717, 1.165) is 31.9 Å². The molecule has 0 unspecified atom stereocenters. The van der Waals surface area contributed by atoms with Crippen LogP contribution in [0.3, 0.4) is 0 Å². The summed E-state index contributed by atoms with van der Waals surface area (Å²) >= 11 is 0. The van der Waals surface area contributed by atoms with Crippen LogP contribution in [0.25, 0.3) is 0 Å². The number of piperazine rings is 1. The Kier molecular flexibility index (Phi) is 5.83. The molecule has 1 fully saturated rings. The van der Waals surface area contributed by atoms with Gasteiger partial charge in [-0.3, -0.25) is 4.90 Å². The SMILES string of the molecule is COc1ccc(F)c([C@H](c2ccco2)N2CCNCC2)c1.Cl. The van der Waals surface area contributed by atoms with Crippen LogP contribution >= 0.6 is 12.4 Å². The van der Waals surface area contributed by atoms with Crippen molar-refractivity contribution in [2.24, 2.45) is 0 Å². The van der Waals surface area contributed by atoms with Crippen LogP contribution in [0, 0.1) is 5.82 Å². The number of hydrogen-bond donors (Lipinski definition) is 1. The first-order valence-electron chi connectivity index (χ1n) is 7.11. The molecule has 1 N–H and O–H groups in total. The van der Waals surface area contributed by atoms with Crippen molar-refractivity contribution in [2.75, 3.05) is 33.3 Å². The first-order valence-corrected chi connectivity index (χ1v) is 7.11. The van der Waals surface area contributed by atoms with Gasteiger partial charge in [0.1, 0.15) is 17.3 Å². The van der Waals surface area contributed by atoms with Crippen molar-refractivity contribution in [3.8, 4) is 5.75 Å². The molecule has 1 saturated heterocycles. The molecular weight excluding hydrogens is 307 g/mol. The van der Waals surface area contributed by atoms with Crippen molar-refractivity contribution in [1.82, 2.24) is 10.2 Å². The van der Waals surface area contributed by atoms with Gasteiger partial charge in [-0.15, -0.1) is 12.4 Å². The number of benzene rings is 1. The normalized spacial score (nSPS) is 16.8. The molecule has 0 radical (unpaired) electrons. The van der Waals surface area contributed by atoms with Gasteiger partial charge in [0.15, 0.2) is 0 Å². The minimum Gasteiger partial charge on any atom is -0.497 e. The summed E-state index contributed by atoms with van der Waals surface area (Å²) in [5, 5.41) is 3.31. The van der Waals surface area contributed by atoms with Crippen LogP contribution in [0.1, 0.15) is 17.4 Å². The standard InChI is InChI=1S/C16H19FN2O2.ClH/c1-20-12-4-5-14(17)13(11-12)16(15-3-2-10-21-15)19-8-6-18-7-9-19;/h2-5,10-11,16,18H,6-9H2,1H3;1H/t16-;/m1./s1. The second-order valence-electron chi connectivity index (χ2n) is 5.09. The average Bonchev–Trinajstić information content (AvgIpc) is 3.04. The predicted molar refractivity (Wildman–Crippen MR) is 85.2 cm³/mol. The summed E-state index contributed by atoms with van der Waals surface area (Å²) in [5.41, 5.74) is 0.589. The molecular formula is C16H20ClFN2O2. The van der Waals surface area contributed by atoms with E-state index in [1.54, 1.807) is 25.5 Å². The number of ether oxygens (including phenoxy) is 1. The molecule has 6 heteroatoms. The van der Waals surface area contributed by atoms with Crippen LogP contribution in [0.2, 0.25) is 0 Å². The molecule has 0 aliphatic carbocycles. The van der Waals surface area contributed by atoms with E-state index in [1.807, 2.05) is 12.1 Å². The number of methoxy groups -OCH3 is 1. The highest BCUT2D eigenvalue weighted by Crippen LogP contribution is 2.33. The van der Waals surface area contributed by atoms with Crippen LogP contribution in [0.4, 0.5) is 4.39 Å². The van der Waals surface area contributed by atoms with Gasteiger partial charge in [0.2, 0.25) is 0 Å².